The van der Waals surface area contributed by atoms with Gasteiger partial charge in [-0.3, -0.25) is 4.99 Å². The summed E-state index contributed by atoms with van der Waals surface area (Å²) in [6, 6.07) is 0. The highest BCUT2D eigenvalue weighted by Gasteiger charge is 2.09. The van der Waals surface area contributed by atoms with Gasteiger partial charge in [0.15, 0.2) is 5.96 Å². The van der Waals surface area contributed by atoms with E-state index in [-0.39, 0.29) is 5.54 Å². The van der Waals surface area contributed by atoms with Gasteiger partial charge < -0.3 is 11.1 Å². The van der Waals surface area contributed by atoms with E-state index in [1.54, 1.807) is 0 Å². The zero-order valence-electron chi connectivity index (χ0n) is 8.81. The summed E-state index contributed by atoms with van der Waals surface area (Å²) in [6.45, 7) is 11.2. The fourth-order valence-corrected chi connectivity index (χ4v) is 0.705. The number of rotatable bonds is 2. The van der Waals surface area contributed by atoms with Crippen LogP contribution in [-0.2, 0) is 0 Å². The quantitative estimate of drug-likeness (QED) is 0.486. The van der Waals surface area contributed by atoms with E-state index in [1.807, 2.05) is 0 Å². The Kier molecular flexibility index (Phi) is 4.07. The first kappa shape index (κ1) is 11.3. The van der Waals surface area contributed by atoms with Crippen molar-refractivity contribution in [1.82, 2.24) is 5.32 Å². The van der Waals surface area contributed by atoms with Crippen molar-refractivity contribution in [2.75, 3.05) is 6.54 Å². The lowest BCUT2D eigenvalue weighted by atomic mass is 10.1. The van der Waals surface area contributed by atoms with Gasteiger partial charge >= 0.3 is 0 Å². The molecule has 0 aliphatic heterocycles. The summed E-state index contributed by atoms with van der Waals surface area (Å²) in [6.07, 6.45) is 0. The summed E-state index contributed by atoms with van der Waals surface area (Å²) >= 11 is 0. The number of guanidine groups is 1. The second kappa shape index (κ2) is 4.33. The van der Waals surface area contributed by atoms with Gasteiger partial charge in [-0.2, -0.15) is 0 Å². The molecule has 0 aliphatic rings. The third kappa shape index (κ3) is 7.38. The standard InChI is InChI=1S/C9H21N3/c1-7(2)6-11-8(10)12-9(3,4)5/h7H,6H2,1-5H3,(H3,10,11,12). The molecule has 0 aliphatic carbocycles. The predicted molar refractivity (Wildman–Crippen MR) is 54.2 cm³/mol. The van der Waals surface area contributed by atoms with E-state index in [9.17, 15) is 0 Å². The molecular weight excluding hydrogens is 150 g/mol. The first-order valence-corrected chi connectivity index (χ1v) is 4.39. The second-order valence-corrected chi connectivity index (χ2v) is 4.49. The number of hydrogen-bond donors (Lipinski definition) is 2. The molecule has 72 valence electrons. The van der Waals surface area contributed by atoms with Crippen LogP contribution in [0.15, 0.2) is 4.99 Å². The van der Waals surface area contributed by atoms with Crippen molar-refractivity contribution in [3.8, 4) is 0 Å². The van der Waals surface area contributed by atoms with Crippen LogP contribution in [0.3, 0.4) is 0 Å². The van der Waals surface area contributed by atoms with E-state index in [4.69, 9.17) is 5.73 Å². The molecule has 0 aromatic rings. The van der Waals surface area contributed by atoms with Gasteiger partial charge in [0.25, 0.3) is 0 Å². The van der Waals surface area contributed by atoms with E-state index in [0.29, 0.717) is 11.9 Å². The monoisotopic (exact) mass is 171 g/mol. The molecule has 0 fully saturated rings. The Bertz CT molecular complexity index is 154. The third-order valence-electron chi connectivity index (χ3n) is 1.13. The van der Waals surface area contributed by atoms with E-state index < -0.39 is 0 Å². The van der Waals surface area contributed by atoms with Crippen molar-refractivity contribution in [2.45, 2.75) is 40.2 Å². The van der Waals surface area contributed by atoms with Crippen molar-refractivity contribution in [2.24, 2.45) is 16.6 Å². The molecule has 0 spiro atoms. The Hall–Kier alpha value is -0.730. The number of nitrogens with two attached hydrogens (primary N) is 1. The van der Waals surface area contributed by atoms with Gasteiger partial charge in [0.2, 0.25) is 0 Å². The molecule has 3 N–H and O–H groups in total. The molecule has 0 saturated heterocycles. The normalized spacial score (nSPS) is 13.7. The summed E-state index contributed by atoms with van der Waals surface area (Å²) in [5.74, 6) is 1.10. The Labute approximate surface area is 75.4 Å². The van der Waals surface area contributed by atoms with Crippen molar-refractivity contribution >= 4 is 5.96 Å². The van der Waals surface area contributed by atoms with Crippen molar-refractivity contribution in [1.29, 1.82) is 0 Å². The molecule has 3 heteroatoms. The Morgan fingerprint density at radius 2 is 1.92 bits per heavy atom. The van der Waals surface area contributed by atoms with Crippen LogP contribution >= 0.6 is 0 Å². The summed E-state index contributed by atoms with van der Waals surface area (Å²) < 4.78 is 0. The van der Waals surface area contributed by atoms with Gasteiger partial charge in [-0.1, -0.05) is 13.8 Å². The lowest BCUT2D eigenvalue weighted by Crippen LogP contribution is -2.45. The van der Waals surface area contributed by atoms with E-state index in [0.717, 1.165) is 6.54 Å². The predicted octanol–water partition coefficient (Wildman–Crippen LogP) is 1.35. The maximum Gasteiger partial charge on any atom is 0.188 e. The highest BCUT2D eigenvalue weighted by molar-refractivity contribution is 5.78. The Morgan fingerprint density at radius 1 is 1.42 bits per heavy atom. The fraction of sp³-hybridized carbons (Fsp3) is 0.889. The van der Waals surface area contributed by atoms with Crippen molar-refractivity contribution < 1.29 is 0 Å². The molecule has 0 radical (unpaired) electrons. The van der Waals surface area contributed by atoms with Gasteiger partial charge in [-0.25, -0.2) is 0 Å². The summed E-state index contributed by atoms with van der Waals surface area (Å²) in [4.78, 5) is 4.19. The lowest BCUT2D eigenvalue weighted by molar-refractivity contribution is 0.506. The van der Waals surface area contributed by atoms with E-state index in [1.165, 1.54) is 0 Å². The molecule has 0 saturated carbocycles. The molecule has 0 unspecified atom stereocenters. The minimum atomic E-state index is 0.00453. The molecule has 0 aromatic heterocycles. The van der Waals surface area contributed by atoms with Gasteiger partial charge in [-0.05, 0) is 26.7 Å². The van der Waals surface area contributed by atoms with E-state index in [2.05, 4.69) is 44.9 Å². The number of hydrogen-bond acceptors (Lipinski definition) is 1. The smallest absolute Gasteiger partial charge is 0.188 e. The third-order valence-corrected chi connectivity index (χ3v) is 1.13. The summed E-state index contributed by atoms with van der Waals surface area (Å²) in [7, 11) is 0. The topological polar surface area (TPSA) is 50.4 Å². The largest absolute Gasteiger partial charge is 0.370 e. The van der Waals surface area contributed by atoms with Crippen LogP contribution in [0.1, 0.15) is 34.6 Å². The fourth-order valence-electron chi connectivity index (χ4n) is 0.705. The highest BCUT2D eigenvalue weighted by Crippen LogP contribution is 1.97. The molecule has 0 atom stereocenters. The summed E-state index contributed by atoms with van der Waals surface area (Å²) in [5, 5.41) is 3.10. The van der Waals surface area contributed by atoms with Gasteiger partial charge in [0.1, 0.15) is 0 Å². The Morgan fingerprint density at radius 3 is 2.25 bits per heavy atom. The lowest BCUT2D eigenvalue weighted by Gasteiger charge is -2.21. The highest BCUT2D eigenvalue weighted by atomic mass is 15.1. The van der Waals surface area contributed by atoms with Crippen LogP contribution in [0.4, 0.5) is 0 Å². The molecule has 0 aromatic carbocycles. The molecule has 0 bridgehead atoms. The number of nitrogens with zero attached hydrogens (tertiary/aromatic N) is 1. The summed E-state index contributed by atoms with van der Waals surface area (Å²) in [5.41, 5.74) is 5.65. The van der Waals surface area contributed by atoms with Crippen LogP contribution in [0.25, 0.3) is 0 Å². The first-order chi connectivity index (χ1) is 5.31. The SMILES string of the molecule is CC(C)CN=C(N)NC(C)(C)C. The van der Waals surface area contributed by atoms with Crippen molar-refractivity contribution in [3.05, 3.63) is 0 Å². The van der Waals surface area contributed by atoms with E-state index >= 15 is 0 Å². The average molecular weight is 171 g/mol. The van der Waals surface area contributed by atoms with Crippen molar-refractivity contribution in [3.63, 3.8) is 0 Å². The molecule has 0 rings (SSSR count). The Balaban J connectivity index is 3.86. The van der Waals surface area contributed by atoms with Crippen LogP contribution in [-0.4, -0.2) is 18.0 Å². The van der Waals surface area contributed by atoms with Gasteiger partial charge in [-0.15, -0.1) is 0 Å². The van der Waals surface area contributed by atoms with Crippen LogP contribution < -0.4 is 11.1 Å². The first-order valence-electron chi connectivity index (χ1n) is 4.39. The molecule has 0 heterocycles. The number of nitrogens with one attached hydrogen (secondary N) is 1. The molecular formula is C9H21N3. The molecule has 3 nitrogen and oxygen atoms in total. The van der Waals surface area contributed by atoms with Crippen LogP contribution in [0.5, 0.6) is 0 Å². The molecule has 12 heavy (non-hydrogen) atoms. The van der Waals surface area contributed by atoms with Crippen LogP contribution in [0, 0.1) is 5.92 Å². The van der Waals surface area contributed by atoms with Crippen LogP contribution in [0.2, 0.25) is 0 Å². The maximum atomic E-state index is 5.65. The molecule has 0 amide bonds. The zero-order valence-corrected chi connectivity index (χ0v) is 8.81. The number of aliphatic imine (C=N–C) groups is 1. The second-order valence-electron chi connectivity index (χ2n) is 4.49. The zero-order chi connectivity index (χ0) is 9.78. The van der Waals surface area contributed by atoms with Gasteiger partial charge in [0, 0.05) is 12.1 Å². The maximum absolute atomic E-state index is 5.65. The average Bonchev–Trinajstić information content (AvgIpc) is 1.79. The minimum Gasteiger partial charge on any atom is -0.370 e. The van der Waals surface area contributed by atoms with Gasteiger partial charge in [0.05, 0.1) is 0 Å². The minimum absolute atomic E-state index is 0.00453.